The largest absolute Gasteiger partial charge is 0.309 e. The van der Waals surface area contributed by atoms with Gasteiger partial charge in [-0.05, 0) is 46.8 Å². The third-order valence-corrected chi connectivity index (χ3v) is 4.01. The molecule has 0 aromatic carbocycles. The van der Waals surface area contributed by atoms with E-state index in [9.17, 15) is 0 Å². The molecule has 1 atom stereocenters. The van der Waals surface area contributed by atoms with Crippen LogP contribution in [0.5, 0.6) is 0 Å². The van der Waals surface area contributed by atoms with Gasteiger partial charge in [0.05, 0.1) is 0 Å². The number of halogens is 2. The van der Waals surface area contributed by atoms with Crippen molar-refractivity contribution >= 4 is 39.7 Å². The zero-order valence-electron chi connectivity index (χ0n) is 6.55. The maximum Gasteiger partial charge on any atom is 0.0426 e. The summed E-state index contributed by atoms with van der Waals surface area (Å²) in [5.74, 6) is 0. The highest BCUT2D eigenvalue weighted by Crippen LogP contribution is 2.33. The van der Waals surface area contributed by atoms with Crippen molar-refractivity contribution in [1.82, 2.24) is 5.32 Å². The molecule has 1 N–H and O–H groups in total. The van der Waals surface area contributed by atoms with Gasteiger partial charge in [0, 0.05) is 15.4 Å². The van der Waals surface area contributed by atoms with E-state index in [0.717, 1.165) is 0 Å². The average Bonchev–Trinajstić information content (AvgIpc) is 2.55. The Morgan fingerprint density at radius 2 is 2.42 bits per heavy atom. The van der Waals surface area contributed by atoms with E-state index < -0.39 is 0 Å². The quantitative estimate of drug-likeness (QED) is 0.823. The molecule has 68 valence electrons. The smallest absolute Gasteiger partial charge is 0.0426 e. The zero-order chi connectivity index (χ0) is 7.68. The van der Waals surface area contributed by atoms with Crippen LogP contribution in [0, 0.1) is 0 Å². The molecular formula is C8H11BrClNS. The van der Waals surface area contributed by atoms with Crippen molar-refractivity contribution in [2.24, 2.45) is 0 Å². The van der Waals surface area contributed by atoms with Crippen LogP contribution >= 0.6 is 39.7 Å². The number of rotatable bonds is 1. The van der Waals surface area contributed by atoms with Crippen molar-refractivity contribution in [3.63, 3.8) is 0 Å². The minimum absolute atomic E-state index is 0. The van der Waals surface area contributed by atoms with Crippen LogP contribution in [0.1, 0.15) is 23.8 Å². The van der Waals surface area contributed by atoms with Gasteiger partial charge in [0.2, 0.25) is 0 Å². The predicted molar refractivity (Wildman–Crippen MR) is 59.2 cm³/mol. The molecule has 0 radical (unpaired) electrons. The lowest BCUT2D eigenvalue weighted by molar-refractivity contribution is 0.657. The van der Waals surface area contributed by atoms with E-state index in [2.05, 4.69) is 32.7 Å². The molecule has 0 amide bonds. The Hall–Kier alpha value is 0.430. The van der Waals surface area contributed by atoms with E-state index in [-0.39, 0.29) is 12.4 Å². The second-order valence-electron chi connectivity index (χ2n) is 2.78. The minimum Gasteiger partial charge on any atom is -0.309 e. The summed E-state index contributed by atoms with van der Waals surface area (Å²) in [7, 11) is 0. The summed E-state index contributed by atoms with van der Waals surface area (Å²) in [6.45, 7) is 1.18. The fourth-order valence-electron chi connectivity index (χ4n) is 1.46. The fraction of sp³-hybridized carbons (Fsp3) is 0.500. The number of hydrogen-bond acceptors (Lipinski definition) is 2. The topological polar surface area (TPSA) is 12.0 Å². The standard InChI is InChI=1S/C8H10BrNS.ClH/c9-6-3-5-11-8(6)7-2-1-4-10-7;/h3,5,7,10H,1-2,4H2;1H/t7-;/m1./s1. The molecule has 0 saturated carbocycles. The van der Waals surface area contributed by atoms with Gasteiger partial charge in [0.25, 0.3) is 0 Å². The first-order valence-electron chi connectivity index (χ1n) is 3.84. The first kappa shape index (κ1) is 10.5. The Kier molecular flexibility index (Phi) is 4.03. The Labute approximate surface area is 91.1 Å². The molecule has 4 heteroatoms. The Morgan fingerprint density at radius 1 is 1.58 bits per heavy atom. The molecule has 12 heavy (non-hydrogen) atoms. The highest BCUT2D eigenvalue weighted by Gasteiger charge is 2.18. The first-order valence-corrected chi connectivity index (χ1v) is 5.51. The van der Waals surface area contributed by atoms with E-state index >= 15 is 0 Å². The van der Waals surface area contributed by atoms with Gasteiger partial charge in [-0.3, -0.25) is 0 Å². The molecule has 0 unspecified atom stereocenters. The molecule has 1 nitrogen and oxygen atoms in total. The lowest BCUT2D eigenvalue weighted by atomic mass is 10.2. The lowest BCUT2D eigenvalue weighted by Crippen LogP contribution is -2.11. The Morgan fingerprint density at radius 3 is 2.92 bits per heavy atom. The monoisotopic (exact) mass is 267 g/mol. The van der Waals surface area contributed by atoms with E-state index in [4.69, 9.17) is 0 Å². The molecule has 2 rings (SSSR count). The fourth-order valence-corrected chi connectivity index (χ4v) is 3.22. The highest BCUT2D eigenvalue weighted by molar-refractivity contribution is 9.10. The highest BCUT2D eigenvalue weighted by atomic mass is 79.9. The second-order valence-corrected chi connectivity index (χ2v) is 4.58. The lowest BCUT2D eigenvalue weighted by Gasteiger charge is -2.07. The number of thiophene rings is 1. The van der Waals surface area contributed by atoms with Crippen molar-refractivity contribution in [2.45, 2.75) is 18.9 Å². The maximum absolute atomic E-state index is 3.55. The molecule has 1 saturated heterocycles. The van der Waals surface area contributed by atoms with Gasteiger partial charge in [0.15, 0.2) is 0 Å². The number of hydrogen-bond donors (Lipinski definition) is 1. The summed E-state index contributed by atoms with van der Waals surface area (Å²) in [5.41, 5.74) is 0. The van der Waals surface area contributed by atoms with E-state index in [1.165, 1.54) is 28.7 Å². The van der Waals surface area contributed by atoms with Crippen LogP contribution in [-0.4, -0.2) is 6.54 Å². The average molecular weight is 269 g/mol. The number of nitrogens with one attached hydrogen (secondary N) is 1. The Bertz CT molecular complexity index is 245. The summed E-state index contributed by atoms with van der Waals surface area (Å²) in [4.78, 5) is 1.46. The van der Waals surface area contributed by atoms with Gasteiger partial charge >= 0.3 is 0 Å². The van der Waals surface area contributed by atoms with Crippen molar-refractivity contribution < 1.29 is 0 Å². The second kappa shape index (κ2) is 4.61. The van der Waals surface area contributed by atoms with Gasteiger partial charge in [-0.15, -0.1) is 23.7 Å². The van der Waals surface area contributed by atoms with Gasteiger partial charge in [-0.25, -0.2) is 0 Å². The normalized spacial score (nSPS) is 22.2. The molecular weight excluding hydrogens is 258 g/mol. The van der Waals surface area contributed by atoms with Crippen LogP contribution in [0.2, 0.25) is 0 Å². The van der Waals surface area contributed by atoms with Crippen molar-refractivity contribution in [2.75, 3.05) is 6.54 Å². The molecule has 1 fully saturated rings. The van der Waals surface area contributed by atoms with Gasteiger partial charge < -0.3 is 5.32 Å². The van der Waals surface area contributed by atoms with Gasteiger partial charge in [0.1, 0.15) is 0 Å². The molecule has 0 aliphatic carbocycles. The third kappa shape index (κ3) is 2.02. The van der Waals surface area contributed by atoms with Gasteiger partial charge in [-0.2, -0.15) is 0 Å². The maximum atomic E-state index is 3.55. The summed E-state index contributed by atoms with van der Waals surface area (Å²) >= 11 is 5.38. The molecule has 2 heterocycles. The SMILES string of the molecule is Brc1ccsc1[C@H]1CCCN1.Cl. The summed E-state index contributed by atoms with van der Waals surface area (Å²) < 4.78 is 1.27. The molecule has 1 aromatic rings. The summed E-state index contributed by atoms with van der Waals surface area (Å²) in [5, 5.41) is 5.62. The van der Waals surface area contributed by atoms with E-state index in [1.807, 2.05) is 11.3 Å². The van der Waals surface area contributed by atoms with Crippen molar-refractivity contribution in [3.05, 3.63) is 20.8 Å². The molecule has 1 aliphatic heterocycles. The van der Waals surface area contributed by atoms with Crippen LogP contribution in [-0.2, 0) is 0 Å². The molecule has 1 aliphatic rings. The minimum atomic E-state index is 0. The van der Waals surface area contributed by atoms with E-state index in [0.29, 0.717) is 6.04 Å². The Balaban J connectivity index is 0.000000720. The van der Waals surface area contributed by atoms with Crippen LogP contribution in [0.15, 0.2) is 15.9 Å². The van der Waals surface area contributed by atoms with Crippen LogP contribution in [0.4, 0.5) is 0 Å². The van der Waals surface area contributed by atoms with Gasteiger partial charge in [-0.1, -0.05) is 0 Å². The zero-order valence-corrected chi connectivity index (χ0v) is 9.77. The van der Waals surface area contributed by atoms with Crippen molar-refractivity contribution in [3.8, 4) is 0 Å². The van der Waals surface area contributed by atoms with E-state index in [1.54, 1.807) is 0 Å². The van der Waals surface area contributed by atoms with Crippen LogP contribution in [0.25, 0.3) is 0 Å². The molecule has 1 aromatic heterocycles. The molecule has 0 bridgehead atoms. The molecule has 0 spiro atoms. The first-order chi connectivity index (χ1) is 5.38. The summed E-state index contributed by atoms with van der Waals surface area (Å²) in [6, 6.07) is 2.74. The predicted octanol–water partition coefficient (Wildman–Crippen LogP) is 3.36. The van der Waals surface area contributed by atoms with Crippen LogP contribution < -0.4 is 5.32 Å². The van der Waals surface area contributed by atoms with Crippen molar-refractivity contribution in [1.29, 1.82) is 0 Å². The van der Waals surface area contributed by atoms with Crippen LogP contribution in [0.3, 0.4) is 0 Å². The third-order valence-electron chi connectivity index (χ3n) is 2.02. The summed E-state index contributed by atoms with van der Waals surface area (Å²) in [6.07, 6.45) is 2.61.